The Labute approximate surface area is 199 Å². The second-order valence-electron chi connectivity index (χ2n) is 8.21. The first-order chi connectivity index (χ1) is 17.0. The second-order valence-corrected chi connectivity index (χ2v) is 8.21. The van der Waals surface area contributed by atoms with Crippen molar-refractivity contribution in [1.82, 2.24) is 25.2 Å². The normalized spacial score (nSPS) is 13.5. The number of hydrogen-bond acceptors (Lipinski definition) is 6. The highest BCUT2D eigenvalue weighted by atomic mass is 16.2. The molecule has 3 heterocycles. The number of amides is 2. The van der Waals surface area contributed by atoms with E-state index in [4.69, 9.17) is 0 Å². The van der Waals surface area contributed by atoms with Crippen LogP contribution >= 0.6 is 0 Å². The van der Waals surface area contributed by atoms with Crippen molar-refractivity contribution in [1.29, 1.82) is 0 Å². The van der Waals surface area contributed by atoms with E-state index in [0.717, 1.165) is 24.2 Å². The second kappa shape index (κ2) is 9.35. The number of nitrogens with zero attached hydrogens (tertiary/aromatic N) is 2. The number of benzene rings is 2. The lowest BCUT2D eigenvalue weighted by atomic mass is 10.0. The summed E-state index contributed by atoms with van der Waals surface area (Å²) < 4.78 is 0. The third-order valence-corrected chi connectivity index (χ3v) is 5.83. The van der Waals surface area contributed by atoms with Crippen LogP contribution in [0.5, 0.6) is 0 Å². The third kappa shape index (κ3) is 4.73. The molecular weight excluding hydrogens is 448 g/mol. The number of nitrogens with one attached hydrogen (secondary N) is 4. The van der Waals surface area contributed by atoms with Crippen LogP contribution in [0, 0.1) is 0 Å². The minimum absolute atomic E-state index is 0.0546. The molecule has 0 atom stereocenters. The van der Waals surface area contributed by atoms with Gasteiger partial charge in [-0.2, -0.15) is 0 Å². The van der Waals surface area contributed by atoms with E-state index in [1.165, 1.54) is 6.07 Å². The Hall–Kier alpha value is -4.57. The predicted molar refractivity (Wildman–Crippen MR) is 132 cm³/mol. The first-order valence-electron chi connectivity index (χ1n) is 11.1. The Morgan fingerprint density at radius 2 is 1.60 bits per heavy atom. The minimum atomic E-state index is -0.783. The summed E-state index contributed by atoms with van der Waals surface area (Å²) in [6, 6.07) is 13.7. The van der Waals surface area contributed by atoms with Gasteiger partial charge in [0.25, 0.3) is 11.8 Å². The SMILES string of the molecule is O=C(Nc1cccc(-c2cncc(C(=O)N3CCNCC3)c2)c1)c1ccc2[nH]c(=O)c(=O)[nH]c2c1. The van der Waals surface area contributed by atoms with Gasteiger partial charge in [-0.15, -0.1) is 0 Å². The fourth-order valence-corrected chi connectivity index (χ4v) is 4.00. The number of H-pyrrole nitrogens is 2. The van der Waals surface area contributed by atoms with Crippen LogP contribution in [0.4, 0.5) is 5.69 Å². The average molecular weight is 470 g/mol. The molecular formula is C25H22N6O4. The summed E-state index contributed by atoms with van der Waals surface area (Å²) in [6.07, 6.45) is 3.24. The van der Waals surface area contributed by atoms with Gasteiger partial charge in [0.05, 0.1) is 16.6 Å². The molecule has 4 aromatic rings. The van der Waals surface area contributed by atoms with Gasteiger partial charge in [0, 0.05) is 55.4 Å². The van der Waals surface area contributed by atoms with E-state index in [1.807, 2.05) is 6.07 Å². The number of fused-ring (bicyclic) bond motifs is 1. The van der Waals surface area contributed by atoms with Gasteiger partial charge in [-0.3, -0.25) is 24.2 Å². The summed E-state index contributed by atoms with van der Waals surface area (Å²) in [4.78, 5) is 59.7. The van der Waals surface area contributed by atoms with E-state index >= 15 is 0 Å². The van der Waals surface area contributed by atoms with E-state index in [1.54, 1.807) is 53.7 Å². The molecule has 1 aliphatic heterocycles. The number of carbonyl (C=O) groups excluding carboxylic acids is 2. The first-order valence-corrected chi connectivity index (χ1v) is 11.1. The van der Waals surface area contributed by atoms with Crippen LogP contribution in [0.1, 0.15) is 20.7 Å². The van der Waals surface area contributed by atoms with Gasteiger partial charge in [-0.1, -0.05) is 12.1 Å². The predicted octanol–water partition coefficient (Wildman–Crippen LogP) is 1.58. The molecule has 10 heteroatoms. The number of piperazine rings is 1. The van der Waals surface area contributed by atoms with Crippen LogP contribution in [0.2, 0.25) is 0 Å². The Bertz CT molecular complexity index is 1550. The van der Waals surface area contributed by atoms with Crippen molar-refractivity contribution in [3.63, 3.8) is 0 Å². The highest BCUT2D eigenvalue weighted by Crippen LogP contribution is 2.24. The number of pyridine rings is 1. The van der Waals surface area contributed by atoms with Crippen molar-refractivity contribution in [3.8, 4) is 11.1 Å². The Morgan fingerprint density at radius 1 is 0.829 bits per heavy atom. The summed E-state index contributed by atoms with van der Waals surface area (Å²) in [6.45, 7) is 2.85. The maximum atomic E-state index is 12.8. The number of anilines is 1. The van der Waals surface area contributed by atoms with Crippen LogP contribution in [-0.4, -0.2) is 57.8 Å². The molecule has 2 aromatic heterocycles. The van der Waals surface area contributed by atoms with Crippen molar-refractivity contribution in [3.05, 3.63) is 92.8 Å². The fourth-order valence-electron chi connectivity index (χ4n) is 4.00. The van der Waals surface area contributed by atoms with E-state index in [2.05, 4.69) is 25.6 Å². The minimum Gasteiger partial charge on any atom is -0.336 e. The van der Waals surface area contributed by atoms with Gasteiger partial charge in [0.15, 0.2) is 0 Å². The summed E-state index contributed by atoms with van der Waals surface area (Å²) in [5.74, 6) is -0.433. The van der Waals surface area contributed by atoms with Crippen LogP contribution in [-0.2, 0) is 0 Å². The molecule has 5 rings (SSSR count). The monoisotopic (exact) mass is 470 g/mol. The van der Waals surface area contributed by atoms with Crippen LogP contribution in [0.25, 0.3) is 22.2 Å². The lowest BCUT2D eigenvalue weighted by Crippen LogP contribution is -2.46. The molecule has 35 heavy (non-hydrogen) atoms. The molecule has 2 aromatic carbocycles. The zero-order valence-electron chi connectivity index (χ0n) is 18.6. The quantitative estimate of drug-likeness (QED) is 0.334. The van der Waals surface area contributed by atoms with Gasteiger partial charge in [0.1, 0.15) is 0 Å². The Kier molecular flexibility index (Phi) is 5.94. The number of hydrogen-bond donors (Lipinski definition) is 4. The first kappa shape index (κ1) is 22.2. The lowest BCUT2D eigenvalue weighted by Gasteiger charge is -2.27. The van der Waals surface area contributed by atoms with Crippen molar-refractivity contribution < 1.29 is 9.59 Å². The molecule has 176 valence electrons. The highest BCUT2D eigenvalue weighted by molar-refractivity contribution is 6.06. The van der Waals surface area contributed by atoms with Gasteiger partial charge >= 0.3 is 11.1 Å². The average Bonchev–Trinajstić information content (AvgIpc) is 2.89. The van der Waals surface area contributed by atoms with E-state index in [9.17, 15) is 19.2 Å². The van der Waals surface area contributed by atoms with Crippen molar-refractivity contribution >= 4 is 28.5 Å². The fraction of sp³-hybridized carbons (Fsp3) is 0.160. The molecule has 0 radical (unpaired) electrons. The van der Waals surface area contributed by atoms with Crippen LogP contribution < -0.4 is 21.8 Å². The van der Waals surface area contributed by atoms with E-state index in [0.29, 0.717) is 40.9 Å². The molecule has 1 fully saturated rings. The summed E-state index contributed by atoms with van der Waals surface area (Å²) >= 11 is 0. The number of aromatic nitrogens is 3. The standard InChI is InChI=1S/C25H22N6O4/c32-22(16-4-5-20-21(12-16)30-24(34)23(33)29-20)28-19-3-1-2-15(11-19)17-10-18(14-27-13-17)25(35)31-8-6-26-7-9-31/h1-5,10-14,26H,6-9H2,(H,28,32)(H,29,33)(H,30,34). The molecule has 0 bridgehead atoms. The van der Waals surface area contributed by atoms with Gasteiger partial charge < -0.3 is 25.5 Å². The number of aromatic amines is 2. The molecule has 10 nitrogen and oxygen atoms in total. The number of rotatable bonds is 4. The zero-order chi connectivity index (χ0) is 24.4. The van der Waals surface area contributed by atoms with Crippen molar-refractivity contribution in [2.24, 2.45) is 0 Å². The molecule has 2 amide bonds. The molecule has 1 saturated heterocycles. The van der Waals surface area contributed by atoms with Gasteiger partial charge in [0.2, 0.25) is 0 Å². The largest absolute Gasteiger partial charge is 0.336 e. The molecule has 4 N–H and O–H groups in total. The zero-order valence-corrected chi connectivity index (χ0v) is 18.6. The molecule has 0 unspecified atom stereocenters. The highest BCUT2D eigenvalue weighted by Gasteiger charge is 2.19. The topological polar surface area (TPSA) is 140 Å². The maximum Gasteiger partial charge on any atom is 0.314 e. The van der Waals surface area contributed by atoms with Gasteiger partial charge in [-0.25, -0.2) is 0 Å². The lowest BCUT2D eigenvalue weighted by molar-refractivity contribution is 0.0735. The summed E-state index contributed by atoms with van der Waals surface area (Å²) in [5, 5.41) is 6.07. The Balaban J connectivity index is 1.36. The molecule has 0 spiro atoms. The van der Waals surface area contributed by atoms with Crippen LogP contribution in [0.3, 0.4) is 0 Å². The number of carbonyl (C=O) groups is 2. The summed E-state index contributed by atoms with van der Waals surface area (Å²) in [5.41, 5.74) is 2.19. The molecule has 0 saturated carbocycles. The van der Waals surface area contributed by atoms with Gasteiger partial charge in [-0.05, 0) is 42.0 Å². The van der Waals surface area contributed by atoms with E-state index in [-0.39, 0.29) is 11.8 Å². The van der Waals surface area contributed by atoms with Crippen LogP contribution in [0.15, 0.2) is 70.5 Å². The molecule has 1 aliphatic rings. The maximum absolute atomic E-state index is 12.8. The summed E-state index contributed by atoms with van der Waals surface area (Å²) in [7, 11) is 0. The van der Waals surface area contributed by atoms with Crippen molar-refractivity contribution in [2.45, 2.75) is 0 Å². The van der Waals surface area contributed by atoms with Crippen molar-refractivity contribution in [2.75, 3.05) is 31.5 Å². The van der Waals surface area contributed by atoms with E-state index < -0.39 is 11.1 Å². The molecule has 0 aliphatic carbocycles. The Morgan fingerprint density at radius 3 is 2.40 bits per heavy atom. The third-order valence-electron chi connectivity index (χ3n) is 5.83. The smallest absolute Gasteiger partial charge is 0.314 e.